The van der Waals surface area contributed by atoms with Gasteiger partial charge in [0.05, 0.1) is 42.5 Å². The Bertz CT molecular complexity index is 1080. The van der Waals surface area contributed by atoms with Crippen LogP contribution in [0.1, 0.15) is 12.5 Å². The van der Waals surface area contributed by atoms with Crippen LogP contribution in [0, 0.1) is 0 Å². The Morgan fingerprint density at radius 2 is 1.94 bits per heavy atom. The summed E-state index contributed by atoms with van der Waals surface area (Å²) in [7, 11) is 3.27. The fourth-order valence-corrected chi connectivity index (χ4v) is 4.89. The third-order valence-electron chi connectivity index (χ3n) is 5.29. The second-order valence-corrected chi connectivity index (χ2v) is 8.87. The van der Waals surface area contributed by atoms with Gasteiger partial charge in [-0.05, 0) is 66.7 Å². The molecule has 4 rings (SSSR count). The van der Waals surface area contributed by atoms with Gasteiger partial charge in [-0.25, -0.2) is 4.99 Å². The van der Waals surface area contributed by atoms with E-state index in [1.165, 1.54) is 11.8 Å². The number of hydrogen-bond acceptors (Lipinski definition) is 7. The highest BCUT2D eigenvalue weighted by Crippen LogP contribution is 2.39. The number of ether oxygens (including phenoxy) is 3. The van der Waals surface area contributed by atoms with Gasteiger partial charge in [0.25, 0.3) is 5.91 Å². The van der Waals surface area contributed by atoms with E-state index in [4.69, 9.17) is 25.8 Å². The van der Waals surface area contributed by atoms with Gasteiger partial charge in [0.15, 0.2) is 16.7 Å². The Morgan fingerprint density at radius 3 is 2.61 bits per heavy atom. The molecule has 2 saturated heterocycles. The minimum atomic E-state index is -0.117. The lowest BCUT2D eigenvalue weighted by Crippen LogP contribution is -2.36. The molecule has 2 aromatic rings. The van der Waals surface area contributed by atoms with Gasteiger partial charge >= 0.3 is 0 Å². The lowest BCUT2D eigenvalue weighted by molar-refractivity contribution is -0.121. The van der Waals surface area contributed by atoms with Gasteiger partial charge in [-0.2, -0.15) is 0 Å². The van der Waals surface area contributed by atoms with Gasteiger partial charge in [-0.1, -0.05) is 11.6 Å². The van der Waals surface area contributed by atoms with Crippen molar-refractivity contribution in [3.63, 3.8) is 0 Å². The molecular weight excluding hydrogens is 462 g/mol. The number of anilines is 1. The molecule has 0 atom stereocenters. The number of rotatable bonds is 6. The summed E-state index contributed by atoms with van der Waals surface area (Å²) in [6, 6.07) is 11.6. The molecule has 0 aliphatic carbocycles. The molecule has 2 heterocycles. The van der Waals surface area contributed by atoms with Gasteiger partial charge in [-0.15, -0.1) is 0 Å². The van der Waals surface area contributed by atoms with E-state index in [2.05, 4.69) is 22.0 Å². The molecule has 9 heteroatoms. The molecule has 0 saturated carbocycles. The Morgan fingerprint density at radius 1 is 1.21 bits per heavy atom. The van der Waals surface area contributed by atoms with E-state index in [0.717, 1.165) is 43.2 Å². The van der Waals surface area contributed by atoms with Gasteiger partial charge in [0, 0.05) is 25.8 Å². The molecule has 0 spiro atoms. The maximum absolute atomic E-state index is 12.8. The maximum Gasteiger partial charge on any atom is 0.266 e. The number of methoxy groups -OCH3 is 1. The summed E-state index contributed by atoms with van der Waals surface area (Å²) in [6.45, 7) is 5.62. The molecular formula is C24H26ClN3O4S. The van der Waals surface area contributed by atoms with Gasteiger partial charge < -0.3 is 19.1 Å². The van der Waals surface area contributed by atoms with Crippen molar-refractivity contribution in [2.24, 2.45) is 4.99 Å². The van der Waals surface area contributed by atoms with E-state index in [9.17, 15) is 4.79 Å². The zero-order valence-electron chi connectivity index (χ0n) is 18.8. The van der Waals surface area contributed by atoms with E-state index >= 15 is 0 Å². The molecule has 0 N–H and O–H groups in total. The lowest BCUT2D eigenvalue weighted by Gasteiger charge is -2.28. The Balaban J connectivity index is 1.55. The molecule has 0 bridgehead atoms. The van der Waals surface area contributed by atoms with Crippen molar-refractivity contribution in [3.8, 4) is 11.5 Å². The minimum absolute atomic E-state index is 0.117. The van der Waals surface area contributed by atoms with Crippen LogP contribution in [0.15, 0.2) is 46.3 Å². The first-order chi connectivity index (χ1) is 16.0. The standard InChI is InChI=1S/C24H26ClN3O4S/c1-4-32-20-14-16(13-19(25)22(20)30-3)15-21-23(29)27(2)24(33-21)26-17-5-7-18(8-6-17)28-9-11-31-12-10-28/h5-8,13-15H,4,9-12H2,1-3H3/b21-15-,26-24?. The molecule has 0 unspecified atom stereocenters. The smallest absolute Gasteiger partial charge is 0.266 e. The summed E-state index contributed by atoms with van der Waals surface area (Å²) in [4.78, 5) is 21.9. The largest absolute Gasteiger partial charge is 0.491 e. The Hall–Kier alpha value is -2.68. The average Bonchev–Trinajstić information content (AvgIpc) is 3.08. The number of nitrogens with zero attached hydrogens (tertiary/aromatic N) is 3. The number of likely N-dealkylation sites (N-methyl/N-ethyl adjacent to an activating group) is 1. The number of carbonyl (C=O) groups is 1. The number of benzene rings is 2. The normalized spacial score (nSPS) is 19.0. The third kappa shape index (κ3) is 5.29. The zero-order valence-corrected chi connectivity index (χ0v) is 20.4. The van der Waals surface area contributed by atoms with Crippen molar-refractivity contribution in [1.29, 1.82) is 0 Å². The highest BCUT2D eigenvalue weighted by atomic mass is 35.5. The molecule has 0 aromatic heterocycles. The highest BCUT2D eigenvalue weighted by molar-refractivity contribution is 8.18. The van der Waals surface area contributed by atoms with Crippen LogP contribution in [0.25, 0.3) is 6.08 Å². The van der Waals surface area contributed by atoms with E-state index in [-0.39, 0.29) is 5.91 Å². The monoisotopic (exact) mass is 487 g/mol. The number of aliphatic imine (C=N–C) groups is 1. The van der Waals surface area contributed by atoms with Crippen LogP contribution in [0.3, 0.4) is 0 Å². The van der Waals surface area contributed by atoms with Crippen LogP contribution in [0.2, 0.25) is 5.02 Å². The fraction of sp³-hybridized carbons (Fsp3) is 0.333. The summed E-state index contributed by atoms with van der Waals surface area (Å²) in [5, 5.41) is 1.04. The molecule has 1 amide bonds. The van der Waals surface area contributed by atoms with E-state index in [1.807, 2.05) is 25.1 Å². The van der Waals surface area contributed by atoms with Crippen molar-refractivity contribution < 1.29 is 19.0 Å². The summed E-state index contributed by atoms with van der Waals surface area (Å²) in [5.41, 5.74) is 2.69. The van der Waals surface area contributed by atoms with E-state index in [0.29, 0.717) is 33.2 Å². The molecule has 174 valence electrons. The summed E-state index contributed by atoms with van der Waals surface area (Å²) >= 11 is 7.68. The van der Waals surface area contributed by atoms with Crippen LogP contribution in [0.5, 0.6) is 11.5 Å². The summed E-state index contributed by atoms with van der Waals surface area (Å²) in [6.07, 6.45) is 1.79. The number of thioether (sulfide) groups is 1. The molecule has 2 aromatic carbocycles. The van der Waals surface area contributed by atoms with Crippen molar-refractivity contribution in [2.45, 2.75) is 6.92 Å². The predicted molar refractivity (Wildman–Crippen MR) is 134 cm³/mol. The molecule has 2 fully saturated rings. The number of morpholine rings is 1. The first-order valence-electron chi connectivity index (χ1n) is 10.7. The number of halogens is 1. The van der Waals surface area contributed by atoms with Crippen molar-refractivity contribution in [1.82, 2.24) is 4.90 Å². The zero-order chi connectivity index (χ0) is 23.4. The highest BCUT2D eigenvalue weighted by Gasteiger charge is 2.30. The summed E-state index contributed by atoms with van der Waals surface area (Å²) < 4.78 is 16.4. The van der Waals surface area contributed by atoms with E-state index in [1.54, 1.807) is 31.2 Å². The van der Waals surface area contributed by atoms with Crippen molar-refractivity contribution >= 4 is 51.9 Å². The number of amidine groups is 1. The number of carbonyl (C=O) groups excluding carboxylic acids is 1. The van der Waals surface area contributed by atoms with Gasteiger partial charge in [0.2, 0.25) is 0 Å². The first-order valence-corrected chi connectivity index (χ1v) is 11.9. The Kier molecular flexibility index (Phi) is 7.47. The number of hydrogen-bond donors (Lipinski definition) is 0. The van der Waals surface area contributed by atoms with Crippen LogP contribution in [-0.4, -0.2) is 63.0 Å². The number of amides is 1. The summed E-state index contributed by atoms with van der Waals surface area (Å²) in [5.74, 6) is 0.900. The van der Waals surface area contributed by atoms with Gasteiger partial charge in [0.1, 0.15) is 0 Å². The second-order valence-electron chi connectivity index (χ2n) is 7.45. The molecule has 33 heavy (non-hydrogen) atoms. The quantitative estimate of drug-likeness (QED) is 0.544. The van der Waals surface area contributed by atoms with Crippen LogP contribution in [0.4, 0.5) is 11.4 Å². The molecule has 2 aliphatic heterocycles. The van der Waals surface area contributed by atoms with Crippen LogP contribution < -0.4 is 14.4 Å². The Labute approximate surface area is 203 Å². The minimum Gasteiger partial charge on any atom is -0.491 e. The van der Waals surface area contributed by atoms with E-state index < -0.39 is 0 Å². The second kappa shape index (κ2) is 10.5. The average molecular weight is 488 g/mol. The van der Waals surface area contributed by atoms with Crippen LogP contribution in [-0.2, 0) is 9.53 Å². The molecule has 0 radical (unpaired) electrons. The lowest BCUT2D eigenvalue weighted by atomic mass is 10.2. The van der Waals surface area contributed by atoms with Gasteiger partial charge in [-0.3, -0.25) is 9.69 Å². The SMILES string of the molecule is CCOc1cc(/C=C2\SC(=Nc3ccc(N4CCOCC4)cc3)N(C)C2=O)cc(Cl)c1OC. The topological polar surface area (TPSA) is 63.6 Å². The molecule has 7 nitrogen and oxygen atoms in total. The maximum atomic E-state index is 12.8. The first kappa shape index (κ1) is 23.5. The molecule has 2 aliphatic rings. The van der Waals surface area contributed by atoms with Crippen LogP contribution >= 0.6 is 23.4 Å². The fourth-order valence-electron chi connectivity index (χ4n) is 3.61. The third-order valence-corrected chi connectivity index (χ3v) is 6.63. The van der Waals surface area contributed by atoms with Crippen molar-refractivity contribution in [2.75, 3.05) is 52.0 Å². The van der Waals surface area contributed by atoms with Crippen molar-refractivity contribution in [3.05, 3.63) is 51.9 Å². The predicted octanol–water partition coefficient (Wildman–Crippen LogP) is 4.82.